The highest BCUT2D eigenvalue weighted by atomic mass is 16.6. The summed E-state index contributed by atoms with van der Waals surface area (Å²) >= 11 is 0. The number of pyridine rings is 1. The van der Waals surface area contributed by atoms with Crippen molar-refractivity contribution in [3.63, 3.8) is 0 Å². The third-order valence-corrected chi connectivity index (χ3v) is 3.98. The standard InChI is InChI=1S/C19H19NO6/c1-23-17-12(11-16-18(19(17)24-2)26-10-9-25-16)14(21)6-7-15(22)13-5-3-4-8-20-13/h3-5,8,11H,6-7,9-10H2,1-2H3. The molecule has 1 aromatic carbocycles. The molecule has 2 heterocycles. The van der Waals surface area contributed by atoms with Gasteiger partial charge in [-0.05, 0) is 18.2 Å². The molecule has 0 N–H and O–H groups in total. The quantitative estimate of drug-likeness (QED) is 0.705. The van der Waals surface area contributed by atoms with Crippen LogP contribution in [-0.2, 0) is 0 Å². The first kappa shape index (κ1) is 17.7. The minimum atomic E-state index is -0.249. The number of carbonyl (C=O) groups excluding carboxylic acids is 2. The summed E-state index contributed by atoms with van der Waals surface area (Å²) in [6, 6.07) is 6.66. The van der Waals surface area contributed by atoms with Crippen molar-refractivity contribution < 1.29 is 28.5 Å². The van der Waals surface area contributed by atoms with E-state index < -0.39 is 0 Å². The molecule has 0 unspecified atom stereocenters. The molecule has 7 nitrogen and oxygen atoms in total. The van der Waals surface area contributed by atoms with E-state index in [2.05, 4.69) is 4.98 Å². The van der Waals surface area contributed by atoms with Crippen LogP contribution in [0.15, 0.2) is 30.5 Å². The van der Waals surface area contributed by atoms with Crippen molar-refractivity contribution in [2.24, 2.45) is 0 Å². The van der Waals surface area contributed by atoms with Crippen molar-refractivity contribution in [3.05, 3.63) is 41.7 Å². The number of Topliss-reactive ketones (excluding diaryl/α,β-unsaturated/α-hetero) is 2. The largest absolute Gasteiger partial charge is 0.492 e. The highest BCUT2D eigenvalue weighted by Gasteiger charge is 2.27. The molecule has 0 bridgehead atoms. The van der Waals surface area contributed by atoms with Crippen molar-refractivity contribution in [2.75, 3.05) is 27.4 Å². The number of hydrogen-bond donors (Lipinski definition) is 0. The molecule has 0 amide bonds. The van der Waals surface area contributed by atoms with Gasteiger partial charge in [-0.15, -0.1) is 0 Å². The van der Waals surface area contributed by atoms with E-state index in [0.717, 1.165) is 0 Å². The molecule has 3 rings (SSSR count). The molecule has 26 heavy (non-hydrogen) atoms. The van der Waals surface area contributed by atoms with Gasteiger partial charge in [-0.1, -0.05) is 6.07 Å². The Kier molecular flexibility index (Phi) is 5.36. The van der Waals surface area contributed by atoms with Crippen LogP contribution in [0.1, 0.15) is 33.7 Å². The molecule has 0 saturated heterocycles. The molecule has 1 aliphatic heterocycles. The second kappa shape index (κ2) is 7.86. The number of benzene rings is 1. The van der Waals surface area contributed by atoms with E-state index in [1.54, 1.807) is 30.5 Å². The molecule has 1 aliphatic rings. The number of ketones is 2. The van der Waals surface area contributed by atoms with Gasteiger partial charge in [0, 0.05) is 19.0 Å². The lowest BCUT2D eigenvalue weighted by Crippen LogP contribution is -2.17. The van der Waals surface area contributed by atoms with E-state index in [1.165, 1.54) is 14.2 Å². The highest BCUT2D eigenvalue weighted by molar-refractivity contribution is 6.04. The van der Waals surface area contributed by atoms with Crippen LogP contribution < -0.4 is 18.9 Å². The zero-order valence-corrected chi connectivity index (χ0v) is 14.6. The summed E-state index contributed by atoms with van der Waals surface area (Å²) in [6.07, 6.45) is 1.62. The van der Waals surface area contributed by atoms with Gasteiger partial charge in [0.2, 0.25) is 11.5 Å². The van der Waals surface area contributed by atoms with Crippen LogP contribution in [0.3, 0.4) is 0 Å². The minimum absolute atomic E-state index is 0.0224. The summed E-state index contributed by atoms with van der Waals surface area (Å²) in [5.41, 5.74) is 0.634. The Bertz CT molecular complexity index is 819. The number of fused-ring (bicyclic) bond motifs is 1. The smallest absolute Gasteiger partial charge is 0.208 e. The summed E-state index contributed by atoms with van der Waals surface area (Å²) in [5.74, 6) is 0.977. The number of nitrogens with zero attached hydrogens (tertiary/aromatic N) is 1. The van der Waals surface area contributed by atoms with Gasteiger partial charge in [0.15, 0.2) is 23.1 Å². The molecule has 0 saturated carbocycles. The topological polar surface area (TPSA) is 84.0 Å². The Morgan fingerprint density at radius 1 is 1.04 bits per heavy atom. The molecule has 0 radical (unpaired) electrons. The summed E-state index contributed by atoms with van der Waals surface area (Å²) in [4.78, 5) is 28.9. The number of carbonyl (C=O) groups is 2. The Hall–Kier alpha value is -3.09. The van der Waals surface area contributed by atoms with Gasteiger partial charge in [0.25, 0.3) is 0 Å². The second-order valence-electron chi connectivity index (χ2n) is 5.58. The average Bonchev–Trinajstić information content (AvgIpc) is 2.70. The van der Waals surface area contributed by atoms with Crippen LogP contribution in [0.2, 0.25) is 0 Å². The summed E-state index contributed by atoms with van der Waals surface area (Å²) in [6.45, 7) is 0.770. The van der Waals surface area contributed by atoms with Gasteiger partial charge in [0.05, 0.1) is 19.8 Å². The van der Waals surface area contributed by atoms with Crippen LogP contribution >= 0.6 is 0 Å². The van der Waals surface area contributed by atoms with Crippen molar-refractivity contribution in [3.8, 4) is 23.0 Å². The second-order valence-corrected chi connectivity index (χ2v) is 5.58. The van der Waals surface area contributed by atoms with Crippen LogP contribution in [0.5, 0.6) is 23.0 Å². The predicted molar refractivity (Wildman–Crippen MR) is 92.7 cm³/mol. The van der Waals surface area contributed by atoms with Gasteiger partial charge < -0.3 is 18.9 Å². The molecule has 0 atom stereocenters. The van der Waals surface area contributed by atoms with Gasteiger partial charge >= 0.3 is 0 Å². The zero-order valence-electron chi connectivity index (χ0n) is 14.6. The molecule has 2 aromatic rings. The van der Waals surface area contributed by atoms with E-state index in [-0.39, 0.29) is 30.2 Å². The zero-order chi connectivity index (χ0) is 18.5. The van der Waals surface area contributed by atoms with Crippen LogP contribution in [-0.4, -0.2) is 44.0 Å². The van der Waals surface area contributed by atoms with Crippen molar-refractivity contribution in [1.29, 1.82) is 0 Å². The maximum atomic E-state index is 12.7. The molecule has 1 aromatic heterocycles. The minimum Gasteiger partial charge on any atom is -0.492 e. The summed E-state index contributed by atoms with van der Waals surface area (Å²) in [7, 11) is 2.92. The predicted octanol–water partition coefficient (Wildman–Crippen LogP) is 2.72. The van der Waals surface area contributed by atoms with Gasteiger partial charge in [-0.2, -0.15) is 0 Å². The SMILES string of the molecule is COc1c(C(=O)CCC(=O)c2ccccn2)cc2c(c1OC)OCCO2. The molecule has 0 spiro atoms. The van der Waals surface area contributed by atoms with E-state index in [1.807, 2.05) is 0 Å². The van der Waals surface area contributed by atoms with E-state index in [4.69, 9.17) is 18.9 Å². The Balaban J connectivity index is 1.83. The van der Waals surface area contributed by atoms with E-state index in [9.17, 15) is 9.59 Å². The first-order valence-corrected chi connectivity index (χ1v) is 8.17. The third-order valence-electron chi connectivity index (χ3n) is 3.98. The fourth-order valence-electron chi connectivity index (χ4n) is 2.75. The normalized spacial score (nSPS) is 12.4. The maximum absolute atomic E-state index is 12.7. The third kappa shape index (κ3) is 3.46. The first-order valence-electron chi connectivity index (χ1n) is 8.17. The molecular weight excluding hydrogens is 338 g/mol. The van der Waals surface area contributed by atoms with Crippen molar-refractivity contribution in [1.82, 2.24) is 4.98 Å². The first-order chi connectivity index (χ1) is 12.7. The van der Waals surface area contributed by atoms with Crippen LogP contribution in [0.25, 0.3) is 0 Å². The van der Waals surface area contributed by atoms with Crippen molar-refractivity contribution >= 4 is 11.6 Å². The fourth-order valence-corrected chi connectivity index (χ4v) is 2.75. The highest BCUT2D eigenvalue weighted by Crippen LogP contribution is 2.48. The molecular formula is C19H19NO6. The lowest BCUT2D eigenvalue weighted by atomic mass is 10.0. The molecule has 7 heteroatoms. The lowest BCUT2D eigenvalue weighted by Gasteiger charge is -2.23. The van der Waals surface area contributed by atoms with Gasteiger partial charge in [-0.3, -0.25) is 14.6 Å². The number of rotatable bonds is 7. The van der Waals surface area contributed by atoms with Crippen LogP contribution in [0, 0.1) is 0 Å². The molecule has 0 fully saturated rings. The number of hydrogen-bond acceptors (Lipinski definition) is 7. The molecule has 136 valence electrons. The Morgan fingerprint density at radius 2 is 1.77 bits per heavy atom. The van der Waals surface area contributed by atoms with E-state index >= 15 is 0 Å². The summed E-state index contributed by atoms with van der Waals surface area (Å²) < 4.78 is 21.9. The van der Waals surface area contributed by atoms with Gasteiger partial charge in [-0.25, -0.2) is 0 Å². The molecule has 0 aliphatic carbocycles. The fraction of sp³-hybridized carbons (Fsp3) is 0.316. The lowest BCUT2D eigenvalue weighted by molar-refractivity contribution is 0.0912. The average molecular weight is 357 g/mol. The Morgan fingerprint density at radius 3 is 2.46 bits per heavy atom. The maximum Gasteiger partial charge on any atom is 0.208 e. The Labute approximate surface area is 150 Å². The van der Waals surface area contributed by atoms with Crippen molar-refractivity contribution in [2.45, 2.75) is 12.8 Å². The number of methoxy groups -OCH3 is 2. The summed E-state index contributed by atoms with van der Waals surface area (Å²) in [5, 5.41) is 0. The van der Waals surface area contributed by atoms with Crippen LogP contribution in [0.4, 0.5) is 0 Å². The van der Waals surface area contributed by atoms with Gasteiger partial charge in [0.1, 0.15) is 18.9 Å². The number of aromatic nitrogens is 1. The van der Waals surface area contributed by atoms with E-state index in [0.29, 0.717) is 41.7 Å². The number of ether oxygens (including phenoxy) is 4. The monoisotopic (exact) mass is 357 g/mol.